The summed E-state index contributed by atoms with van der Waals surface area (Å²) in [6, 6.07) is 0. The van der Waals surface area contributed by atoms with Crippen LogP contribution < -0.4 is 0 Å². The van der Waals surface area contributed by atoms with Gasteiger partial charge in [-0.1, -0.05) is 0 Å². The minimum absolute atomic E-state index is 0.562. The molecular formula is C4H6MoO4. The Bertz CT molecular complexity index is 99.1. The standard InChI is InChI=1S/C4H6O3.Mo.O/c1-3(5)7-4(2)6;;/h1-2H3;;. The number of carbonyl (C=O) groups is 2. The Labute approximate surface area is 63.8 Å². The molecule has 0 saturated carbocycles. The molecule has 9 heavy (non-hydrogen) atoms. The number of hydrogen-bond donors (Lipinski definition) is 0. The summed E-state index contributed by atoms with van der Waals surface area (Å²) in [6.07, 6.45) is 0. The molecule has 0 aliphatic rings. The van der Waals surface area contributed by atoms with Gasteiger partial charge < -0.3 is 4.74 Å². The van der Waals surface area contributed by atoms with Gasteiger partial charge in [-0.15, -0.1) is 0 Å². The summed E-state index contributed by atoms with van der Waals surface area (Å²) in [6.45, 7) is 2.36. The molecule has 0 heterocycles. The zero-order valence-corrected chi connectivity index (χ0v) is 7.05. The van der Waals surface area contributed by atoms with Gasteiger partial charge in [-0.3, -0.25) is 9.59 Å². The van der Waals surface area contributed by atoms with Crippen molar-refractivity contribution in [2.75, 3.05) is 0 Å². The van der Waals surface area contributed by atoms with E-state index in [2.05, 4.69) is 4.74 Å². The fraction of sp³-hybridized carbons (Fsp3) is 0.500. The molecular weight excluding hydrogens is 208 g/mol. The van der Waals surface area contributed by atoms with Gasteiger partial charge in [0.2, 0.25) is 0 Å². The number of ether oxygens (including phenoxy) is 1. The average Bonchev–Trinajstić information content (AvgIpc) is 1.68. The van der Waals surface area contributed by atoms with E-state index >= 15 is 0 Å². The van der Waals surface area contributed by atoms with Crippen LogP contribution in [0.2, 0.25) is 0 Å². The SMILES string of the molecule is CC(=O)OC(C)=O.[O]=[Mo]. The monoisotopic (exact) mass is 216 g/mol. The zero-order valence-electron chi connectivity index (χ0n) is 5.04. The van der Waals surface area contributed by atoms with Crippen molar-refractivity contribution in [2.45, 2.75) is 13.8 Å². The fourth-order valence-electron chi connectivity index (χ4n) is 0.202. The molecule has 0 atom stereocenters. The summed E-state index contributed by atoms with van der Waals surface area (Å²) in [4.78, 5) is 19.6. The van der Waals surface area contributed by atoms with Crippen LogP contribution in [0, 0.1) is 0 Å². The molecule has 0 amide bonds. The zero-order chi connectivity index (χ0) is 7.86. The number of carbonyl (C=O) groups excluding carboxylic acids is 2. The predicted octanol–water partition coefficient (Wildman–Crippen LogP) is -0.0253. The Balaban J connectivity index is 0. The number of esters is 2. The van der Waals surface area contributed by atoms with Gasteiger partial charge in [0.25, 0.3) is 0 Å². The van der Waals surface area contributed by atoms with Crippen molar-refractivity contribution >= 4 is 11.9 Å². The molecule has 5 heteroatoms. The molecule has 0 radical (unpaired) electrons. The molecule has 0 spiro atoms. The summed E-state index contributed by atoms with van der Waals surface area (Å²) < 4.78 is 12.2. The summed E-state index contributed by atoms with van der Waals surface area (Å²) in [5.41, 5.74) is 0. The van der Waals surface area contributed by atoms with Gasteiger partial charge in [0.15, 0.2) is 0 Å². The van der Waals surface area contributed by atoms with Crippen molar-refractivity contribution in [2.24, 2.45) is 0 Å². The van der Waals surface area contributed by atoms with E-state index in [0.717, 1.165) is 0 Å². The molecule has 0 N–H and O–H groups in total. The van der Waals surface area contributed by atoms with E-state index in [0.29, 0.717) is 19.8 Å². The van der Waals surface area contributed by atoms with Crippen LogP contribution in [0.4, 0.5) is 0 Å². The van der Waals surface area contributed by atoms with Crippen LogP contribution in [-0.2, 0) is 37.5 Å². The van der Waals surface area contributed by atoms with E-state index in [1.54, 1.807) is 0 Å². The van der Waals surface area contributed by atoms with Gasteiger partial charge in [0.1, 0.15) is 0 Å². The molecule has 0 aromatic carbocycles. The average molecular weight is 214 g/mol. The van der Waals surface area contributed by atoms with Crippen molar-refractivity contribution < 1.29 is 37.5 Å². The Kier molecular flexibility index (Phi) is 9.69. The Morgan fingerprint density at radius 1 is 1.11 bits per heavy atom. The third-order valence-electron chi connectivity index (χ3n) is 0.287. The van der Waals surface area contributed by atoms with Crippen LogP contribution in [0.5, 0.6) is 0 Å². The van der Waals surface area contributed by atoms with E-state index in [1.165, 1.54) is 13.8 Å². The van der Waals surface area contributed by atoms with E-state index in [4.69, 9.17) is 3.40 Å². The van der Waals surface area contributed by atoms with Gasteiger partial charge in [-0.05, 0) is 0 Å². The van der Waals surface area contributed by atoms with E-state index < -0.39 is 11.9 Å². The van der Waals surface area contributed by atoms with Crippen LogP contribution in [0.25, 0.3) is 0 Å². The first-order chi connectivity index (χ1) is 4.13. The second-order valence-electron chi connectivity index (χ2n) is 1.09. The van der Waals surface area contributed by atoms with Gasteiger partial charge in [0.05, 0.1) is 0 Å². The van der Waals surface area contributed by atoms with Crippen LogP contribution >= 0.6 is 0 Å². The Morgan fingerprint density at radius 2 is 1.33 bits per heavy atom. The van der Waals surface area contributed by atoms with Crippen LogP contribution in [-0.4, -0.2) is 11.9 Å². The fourth-order valence-corrected chi connectivity index (χ4v) is 0.202. The molecule has 52 valence electrons. The van der Waals surface area contributed by atoms with Gasteiger partial charge in [-0.2, -0.15) is 0 Å². The van der Waals surface area contributed by atoms with Crippen LogP contribution in [0.3, 0.4) is 0 Å². The van der Waals surface area contributed by atoms with Gasteiger partial charge in [0, 0.05) is 13.8 Å². The van der Waals surface area contributed by atoms with Crippen molar-refractivity contribution in [1.29, 1.82) is 0 Å². The van der Waals surface area contributed by atoms with Crippen molar-refractivity contribution in [3.05, 3.63) is 0 Å². The molecule has 0 rings (SSSR count). The van der Waals surface area contributed by atoms with Crippen molar-refractivity contribution in [3.63, 3.8) is 0 Å². The third-order valence-corrected chi connectivity index (χ3v) is 0.287. The summed E-state index contributed by atoms with van der Waals surface area (Å²) in [5, 5.41) is 0. The van der Waals surface area contributed by atoms with Crippen molar-refractivity contribution in [3.8, 4) is 0 Å². The molecule has 0 fully saturated rings. The molecule has 4 nitrogen and oxygen atoms in total. The Hall–Kier alpha value is -0.372. The summed E-state index contributed by atoms with van der Waals surface area (Å²) in [5.74, 6) is -1.12. The molecule has 0 aliphatic carbocycles. The third kappa shape index (κ3) is 18.4. The minimum atomic E-state index is -0.562. The maximum absolute atomic E-state index is 9.81. The van der Waals surface area contributed by atoms with E-state index in [1.807, 2.05) is 0 Å². The molecule has 0 saturated heterocycles. The molecule has 0 bridgehead atoms. The number of rotatable bonds is 0. The van der Waals surface area contributed by atoms with Crippen LogP contribution in [0.1, 0.15) is 13.8 Å². The molecule has 0 aromatic heterocycles. The first kappa shape index (κ1) is 11.4. The first-order valence-electron chi connectivity index (χ1n) is 1.98. The van der Waals surface area contributed by atoms with E-state index in [-0.39, 0.29) is 0 Å². The maximum atomic E-state index is 9.81. The normalized spacial score (nSPS) is 6.44. The Morgan fingerprint density at radius 3 is 1.33 bits per heavy atom. The van der Waals surface area contributed by atoms with Crippen molar-refractivity contribution in [1.82, 2.24) is 0 Å². The van der Waals surface area contributed by atoms with E-state index in [9.17, 15) is 9.59 Å². The second-order valence-corrected chi connectivity index (χ2v) is 1.09. The molecule has 0 aliphatic heterocycles. The summed E-state index contributed by atoms with van der Waals surface area (Å²) in [7, 11) is 0. The summed E-state index contributed by atoms with van der Waals surface area (Å²) >= 11 is 0.700. The molecule has 0 aromatic rings. The van der Waals surface area contributed by atoms with Gasteiger partial charge in [-0.25, -0.2) is 0 Å². The molecule has 0 unspecified atom stereocenters. The number of hydrogen-bond acceptors (Lipinski definition) is 4. The van der Waals surface area contributed by atoms with Crippen LogP contribution in [0.15, 0.2) is 0 Å². The first-order valence-corrected chi connectivity index (χ1v) is 2.80. The van der Waals surface area contributed by atoms with Gasteiger partial charge >= 0.3 is 35.1 Å². The topological polar surface area (TPSA) is 60.4 Å². The second kappa shape index (κ2) is 7.63. The predicted molar refractivity (Wildman–Crippen MR) is 23.1 cm³/mol. The quantitative estimate of drug-likeness (QED) is 0.323.